The van der Waals surface area contributed by atoms with Crippen molar-refractivity contribution in [3.63, 3.8) is 0 Å². The molecule has 0 spiro atoms. The molecule has 0 amide bonds. The van der Waals surface area contributed by atoms with Crippen molar-refractivity contribution in [1.29, 1.82) is 0 Å². The van der Waals surface area contributed by atoms with Crippen LogP contribution in [-0.2, 0) is 6.42 Å². The van der Waals surface area contributed by atoms with Gasteiger partial charge >= 0.3 is 0 Å². The Morgan fingerprint density at radius 3 is 2.22 bits per heavy atom. The maximum atomic E-state index is 4.64. The molecule has 0 saturated carbocycles. The maximum Gasteiger partial charge on any atom is 0.0708 e. The Bertz CT molecular complexity index is 931. The van der Waals surface area contributed by atoms with Crippen LogP contribution in [0.4, 0.5) is 0 Å². The first-order valence-corrected chi connectivity index (χ1v) is 8.03. The minimum absolute atomic E-state index is 0.940. The zero-order chi connectivity index (χ0) is 15.8. The average Bonchev–Trinajstić information content (AvgIpc) is 2.54. The van der Waals surface area contributed by atoms with Crippen molar-refractivity contribution in [3.05, 3.63) is 89.1 Å². The Morgan fingerprint density at radius 2 is 1.35 bits per heavy atom. The van der Waals surface area contributed by atoms with Gasteiger partial charge in [-0.1, -0.05) is 60.2 Å². The topological polar surface area (TPSA) is 12.9 Å². The third-order valence-corrected chi connectivity index (χ3v) is 4.36. The molecule has 0 unspecified atom stereocenters. The van der Waals surface area contributed by atoms with E-state index in [4.69, 9.17) is 0 Å². The summed E-state index contributed by atoms with van der Waals surface area (Å²) < 4.78 is 0. The molecule has 0 saturated heterocycles. The normalized spacial score (nSPS) is 11.2. The second kappa shape index (κ2) is 5.51. The Hall–Kier alpha value is -2.67. The van der Waals surface area contributed by atoms with Crippen molar-refractivity contribution in [1.82, 2.24) is 4.98 Å². The van der Waals surface area contributed by atoms with Crippen LogP contribution in [0.25, 0.3) is 21.7 Å². The highest BCUT2D eigenvalue weighted by Gasteiger charge is 2.02. The predicted molar refractivity (Wildman–Crippen MR) is 98.0 cm³/mol. The van der Waals surface area contributed by atoms with Gasteiger partial charge in [-0.05, 0) is 54.3 Å². The van der Waals surface area contributed by atoms with E-state index < -0.39 is 0 Å². The number of benzene rings is 3. The van der Waals surface area contributed by atoms with Crippen molar-refractivity contribution < 1.29 is 0 Å². The first-order valence-electron chi connectivity index (χ1n) is 8.03. The summed E-state index contributed by atoms with van der Waals surface area (Å²) in [6, 6.07) is 24.1. The largest absolute Gasteiger partial charge is 0.253 e. The van der Waals surface area contributed by atoms with E-state index in [-0.39, 0.29) is 0 Å². The predicted octanol–water partition coefficient (Wildman–Crippen LogP) is 5.60. The zero-order valence-electron chi connectivity index (χ0n) is 13.5. The highest BCUT2D eigenvalue weighted by atomic mass is 14.7. The number of pyridine rings is 1. The van der Waals surface area contributed by atoms with Gasteiger partial charge in [0.15, 0.2) is 0 Å². The summed E-state index contributed by atoms with van der Waals surface area (Å²) in [5.74, 6) is 0. The summed E-state index contributed by atoms with van der Waals surface area (Å²) in [4.78, 5) is 4.64. The summed E-state index contributed by atoms with van der Waals surface area (Å²) in [5.41, 5.74) is 6.10. The summed E-state index contributed by atoms with van der Waals surface area (Å²) in [5, 5.41) is 3.82. The van der Waals surface area contributed by atoms with E-state index in [0.717, 1.165) is 17.6 Å². The molecule has 4 rings (SSSR count). The molecule has 0 radical (unpaired) electrons. The molecule has 4 aromatic rings. The quantitative estimate of drug-likeness (QED) is 0.469. The van der Waals surface area contributed by atoms with E-state index in [1.54, 1.807) is 0 Å². The third kappa shape index (κ3) is 2.83. The molecule has 23 heavy (non-hydrogen) atoms. The molecule has 1 aromatic heterocycles. The van der Waals surface area contributed by atoms with Crippen LogP contribution in [0.1, 0.15) is 22.4 Å². The van der Waals surface area contributed by atoms with Gasteiger partial charge in [-0.2, -0.15) is 0 Å². The lowest BCUT2D eigenvalue weighted by Gasteiger charge is -2.07. The molecular weight excluding hydrogens is 278 g/mol. The van der Waals surface area contributed by atoms with E-state index in [1.807, 2.05) is 6.92 Å². The Kier molecular flexibility index (Phi) is 3.34. The highest BCUT2D eigenvalue weighted by molar-refractivity contribution is 5.84. The smallest absolute Gasteiger partial charge is 0.0708 e. The molecule has 1 heterocycles. The van der Waals surface area contributed by atoms with E-state index in [2.05, 4.69) is 78.6 Å². The summed E-state index contributed by atoms with van der Waals surface area (Å²) in [7, 11) is 0. The molecule has 1 heteroatoms. The van der Waals surface area contributed by atoms with Crippen LogP contribution in [-0.4, -0.2) is 4.98 Å². The molecule has 0 aliphatic heterocycles. The molecule has 0 aliphatic carbocycles. The van der Waals surface area contributed by atoms with Crippen LogP contribution in [0.3, 0.4) is 0 Å². The van der Waals surface area contributed by atoms with Gasteiger partial charge in [-0.25, -0.2) is 0 Å². The minimum atomic E-state index is 0.940. The number of rotatable bonds is 2. The molecule has 0 N–H and O–H groups in total. The first kappa shape index (κ1) is 14.0. The average molecular weight is 297 g/mol. The first-order chi connectivity index (χ1) is 11.2. The number of aryl methyl sites for hydroxylation is 2. The lowest BCUT2D eigenvalue weighted by molar-refractivity contribution is 1.19. The summed E-state index contributed by atoms with van der Waals surface area (Å²) >= 11 is 0. The SMILES string of the molecule is Cc1ccc2ccc(Cc3ccc4ccc(C)nc4c3)cc2c1. The van der Waals surface area contributed by atoms with Gasteiger partial charge in [0.05, 0.1) is 5.52 Å². The van der Waals surface area contributed by atoms with Gasteiger partial charge < -0.3 is 0 Å². The molecule has 0 bridgehead atoms. The van der Waals surface area contributed by atoms with E-state index in [1.165, 1.54) is 32.8 Å². The van der Waals surface area contributed by atoms with Gasteiger partial charge in [-0.15, -0.1) is 0 Å². The van der Waals surface area contributed by atoms with Crippen molar-refractivity contribution in [2.24, 2.45) is 0 Å². The second-order valence-electron chi connectivity index (χ2n) is 6.34. The Labute approximate surface area is 136 Å². The van der Waals surface area contributed by atoms with Crippen LogP contribution in [0.2, 0.25) is 0 Å². The van der Waals surface area contributed by atoms with E-state index in [9.17, 15) is 0 Å². The monoisotopic (exact) mass is 297 g/mol. The van der Waals surface area contributed by atoms with Crippen molar-refractivity contribution in [2.75, 3.05) is 0 Å². The van der Waals surface area contributed by atoms with E-state index in [0.29, 0.717) is 0 Å². The fraction of sp³-hybridized carbons (Fsp3) is 0.136. The fourth-order valence-electron chi connectivity index (χ4n) is 3.14. The summed E-state index contributed by atoms with van der Waals surface area (Å²) in [6.07, 6.45) is 0.940. The van der Waals surface area contributed by atoms with Crippen molar-refractivity contribution >= 4 is 21.7 Å². The standard InChI is InChI=1S/C22H19N/c1-15-3-7-19-9-5-17(13-21(19)11-15)12-18-6-10-20-8-4-16(2)23-22(20)14-18/h3-11,13-14H,12H2,1-2H3. The van der Waals surface area contributed by atoms with Gasteiger partial charge in [0, 0.05) is 11.1 Å². The van der Waals surface area contributed by atoms with E-state index >= 15 is 0 Å². The lowest BCUT2D eigenvalue weighted by atomic mass is 9.99. The molecular formula is C22H19N. The van der Waals surface area contributed by atoms with Gasteiger partial charge in [0.2, 0.25) is 0 Å². The van der Waals surface area contributed by atoms with Crippen LogP contribution >= 0.6 is 0 Å². The third-order valence-electron chi connectivity index (χ3n) is 4.36. The van der Waals surface area contributed by atoms with Crippen molar-refractivity contribution in [2.45, 2.75) is 20.3 Å². The van der Waals surface area contributed by atoms with Crippen LogP contribution < -0.4 is 0 Å². The number of hydrogen-bond acceptors (Lipinski definition) is 1. The zero-order valence-corrected chi connectivity index (χ0v) is 13.5. The molecule has 0 aliphatic rings. The molecule has 1 nitrogen and oxygen atoms in total. The lowest BCUT2D eigenvalue weighted by Crippen LogP contribution is -1.90. The molecule has 3 aromatic carbocycles. The number of aromatic nitrogens is 1. The second-order valence-corrected chi connectivity index (χ2v) is 6.34. The van der Waals surface area contributed by atoms with Gasteiger partial charge in [0.25, 0.3) is 0 Å². The molecule has 0 fully saturated rings. The maximum absolute atomic E-state index is 4.64. The van der Waals surface area contributed by atoms with Crippen LogP contribution in [0.5, 0.6) is 0 Å². The van der Waals surface area contributed by atoms with Gasteiger partial charge in [-0.3, -0.25) is 4.98 Å². The fourth-order valence-corrected chi connectivity index (χ4v) is 3.14. The minimum Gasteiger partial charge on any atom is -0.253 e. The number of hydrogen-bond donors (Lipinski definition) is 0. The Balaban J connectivity index is 1.72. The van der Waals surface area contributed by atoms with Crippen LogP contribution in [0.15, 0.2) is 66.7 Å². The molecule has 0 atom stereocenters. The van der Waals surface area contributed by atoms with Gasteiger partial charge in [0.1, 0.15) is 0 Å². The Morgan fingerprint density at radius 1 is 0.652 bits per heavy atom. The van der Waals surface area contributed by atoms with Crippen LogP contribution in [0, 0.1) is 13.8 Å². The van der Waals surface area contributed by atoms with Crippen molar-refractivity contribution in [3.8, 4) is 0 Å². The highest BCUT2D eigenvalue weighted by Crippen LogP contribution is 2.21. The summed E-state index contributed by atoms with van der Waals surface area (Å²) in [6.45, 7) is 4.18. The number of nitrogens with zero attached hydrogens (tertiary/aromatic N) is 1. The molecule has 112 valence electrons. The number of fused-ring (bicyclic) bond motifs is 2.